The molecule has 0 atom stereocenters. The molecule has 2 nitrogen and oxygen atoms in total. The molecule has 1 heterocycles. The van der Waals surface area contributed by atoms with Gasteiger partial charge in [0, 0.05) is 27.7 Å². The van der Waals surface area contributed by atoms with Crippen LogP contribution < -0.4 is 10.2 Å². The highest BCUT2D eigenvalue weighted by Gasteiger charge is 2.19. The molecule has 0 radical (unpaired) electrons. The van der Waals surface area contributed by atoms with Crippen LogP contribution >= 0.6 is 34.2 Å². The molecule has 1 aliphatic rings. The molecule has 17 heavy (non-hydrogen) atoms. The maximum absolute atomic E-state index is 5.99. The molecule has 0 bridgehead atoms. The Morgan fingerprint density at radius 2 is 2.12 bits per heavy atom. The summed E-state index contributed by atoms with van der Waals surface area (Å²) in [4.78, 5) is 2.46. The number of piperidine rings is 1. The molecule has 1 N–H and O–H groups in total. The second-order valence-electron chi connectivity index (χ2n) is 4.41. The van der Waals surface area contributed by atoms with Gasteiger partial charge in [-0.25, -0.2) is 0 Å². The maximum atomic E-state index is 5.99. The van der Waals surface area contributed by atoms with Crippen molar-refractivity contribution in [1.82, 2.24) is 5.32 Å². The summed E-state index contributed by atoms with van der Waals surface area (Å²) in [5, 5.41) is 4.35. The number of rotatable bonds is 3. The van der Waals surface area contributed by atoms with Crippen molar-refractivity contribution in [2.24, 2.45) is 0 Å². The number of anilines is 1. The topological polar surface area (TPSA) is 15.3 Å². The number of hydrogen-bond acceptors (Lipinski definition) is 2. The first-order valence-electron chi connectivity index (χ1n) is 6.14. The lowest BCUT2D eigenvalue weighted by Crippen LogP contribution is -2.42. The summed E-state index contributed by atoms with van der Waals surface area (Å²) in [5.41, 5.74) is 1.32. The number of nitrogens with zero attached hydrogens (tertiary/aromatic N) is 1. The monoisotopic (exact) mass is 364 g/mol. The van der Waals surface area contributed by atoms with Crippen LogP contribution in [0.2, 0.25) is 5.02 Å². The van der Waals surface area contributed by atoms with Crippen LogP contribution in [0.25, 0.3) is 0 Å². The number of nitrogens with one attached hydrogen (secondary N) is 1. The Kier molecular flexibility index (Phi) is 4.94. The van der Waals surface area contributed by atoms with E-state index in [1.807, 2.05) is 12.1 Å². The second-order valence-corrected chi connectivity index (χ2v) is 6.01. The molecule has 0 spiro atoms. The highest BCUT2D eigenvalue weighted by atomic mass is 127. The van der Waals surface area contributed by atoms with Gasteiger partial charge in [-0.3, -0.25) is 0 Å². The Balaban J connectivity index is 2.00. The van der Waals surface area contributed by atoms with Crippen LogP contribution in [0.1, 0.15) is 19.8 Å². The fourth-order valence-electron chi connectivity index (χ4n) is 2.35. The minimum Gasteiger partial charge on any atom is -0.371 e. The van der Waals surface area contributed by atoms with E-state index in [9.17, 15) is 0 Å². The Labute approximate surface area is 122 Å². The summed E-state index contributed by atoms with van der Waals surface area (Å²) in [5.74, 6) is 0. The molecule has 0 amide bonds. The lowest BCUT2D eigenvalue weighted by molar-refractivity contribution is 0.423. The van der Waals surface area contributed by atoms with E-state index in [-0.39, 0.29) is 0 Å². The second kappa shape index (κ2) is 6.25. The molecule has 1 fully saturated rings. The van der Waals surface area contributed by atoms with Gasteiger partial charge in [0.15, 0.2) is 0 Å². The van der Waals surface area contributed by atoms with E-state index < -0.39 is 0 Å². The van der Waals surface area contributed by atoms with E-state index >= 15 is 0 Å². The highest BCUT2D eigenvalue weighted by molar-refractivity contribution is 14.1. The molecular weight excluding hydrogens is 347 g/mol. The molecule has 1 saturated heterocycles. The summed E-state index contributed by atoms with van der Waals surface area (Å²) < 4.78 is 1.25. The predicted octanol–water partition coefficient (Wildman–Crippen LogP) is 3.52. The Morgan fingerprint density at radius 3 is 2.71 bits per heavy atom. The first-order chi connectivity index (χ1) is 8.20. The summed E-state index contributed by atoms with van der Waals surface area (Å²) >= 11 is 8.36. The van der Waals surface area contributed by atoms with Crippen molar-refractivity contribution < 1.29 is 0 Å². The first kappa shape index (κ1) is 13.4. The zero-order valence-electron chi connectivity index (χ0n) is 10.0. The van der Waals surface area contributed by atoms with Crippen molar-refractivity contribution in [2.75, 3.05) is 24.5 Å². The average molecular weight is 365 g/mol. The minimum atomic E-state index is 0.696. The van der Waals surface area contributed by atoms with Crippen molar-refractivity contribution in [3.8, 4) is 0 Å². The van der Waals surface area contributed by atoms with Crippen LogP contribution in [0.3, 0.4) is 0 Å². The third-order valence-corrected chi connectivity index (χ3v) is 4.34. The predicted molar refractivity (Wildman–Crippen MR) is 83.1 cm³/mol. The van der Waals surface area contributed by atoms with E-state index in [0.717, 1.165) is 24.7 Å². The van der Waals surface area contributed by atoms with Crippen molar-refractivity contribution in [3.05, 3.63) is 26.8 Å². The van der Waals surface area contributed by atoms with Crippen molar-refractivity contribution >= 4 is 39.9 Å². The van der Waals surface area contributed by atoms with E-state index in [2.05, 4.69) is 45.8 Å². The fourth-order valence-corrected chi connectivity index (χ4v) is 3.56. The van der Waals surface area contributed by atoms with Crippen molar-refractivity contribution in [1.29, 1.82) is 0 Å². The van der Waals surface area contributed by atoms with Gasteiger partial charge in [0.1, 0.15) is 0 Å². The van der Waals surface area contributed by atoms with Crippen LogP contribution in [0.5, 0.6) is 0 Å². The fraction of sp³-hybridized carbons (Fsp3) is 0.538. The van der Waals surface area contributed by atoms with Crippen LogP contribution in [0, 0.1) is 3.57 Å². The Hall–Kier alpha value is -0.000000000000000111. The van der Waals surface area contributed by atoms with E-state index in [1.165, 1.54) is 22.1 Å². The highest BCUT2D eigenvalue weighted by Crippen LogP contribution is 2.28. The third kappa shape index (κ3) is 3.48. The number of halogens is 2. The molecule has 1 aliphatic heterocycles. The van der Waals surface area contributed by atoms with Crippen LogP contribution in [-0.2, 0) is 0 Å². The van der Waals surface area contributed by atoms with Crippen LogP contribution in [0.4, 0.5) is 5.69 Å². The van der Waals surface area contributed by atoms with Gasteiger partial charge < -0.3 is 10.2 Å². The normalized spacial score (nSPS) is 17.5. The summed E-state index contributed by atoms with van der Waals surface area (Å²) in [7, 11) is 0. The molecule has 2 rings (SSSR count). The molecule has 0 aromatic heterocycles. The van der Waals surface area contributed by atoms with Gasteiger partial charge in [-0.05, 0) is 60.2 Å². The third-order valence-electron chi connectivity index (χ3n) is 3.24. The van der Waals surface area contributed by atoms with E-state index in [0.29, 0.717) is 6.04 Å². The summed E-state index contributed by atoms with van der Waals surface area (Å²) in [6, 6.07) is 6.85. The summed E-state index contributed by atoms with van der Waals surface area (Å²) in [6.07, 6.45) is 2.46. The zero-order chi connectivity index (χ0) is 12.3. The lowest BCUT2D eigenvalue weighted by Gasteiger charge is -2.34. The van der Waals surface area contributed by atoms with Gasteiger partial charge in [0.25, 0.3) is 0 Å². The standard InChI is InChI=1S/C13H18ClIN2/c1-2-16-11-5-7-17(8-6-11)13-4-3-10(14)9-12(13)15/h3-4,9,11,16H,2,5-8H2,1H3. The van der Waals surface area contributed by atoms with Gasteiger partial charge in [0.2, 0.25) is 0 Å². The lowest BCUT2D eigenvalue weighted by atomic mass is 10.0. The Bertz CT molecular complexity index is 376. The molecular formula is C13H18ClIN2. The quantitative estimate of drug-likeness (QED) is 0.826. The number of benzene rings is 1. The van der Waals surface area contributed by atoms with Crippen molar-refractivity contribution in [3.63, 3.8) is 0 Å². The van der Waals surface area contributed by atoms with Gasteiger partial charge in [0.05, 0.1) is 5.69 Å². The van der Waals surface area contributed by atoms with Gasteiger partial charge >= 0.3 is 0 Å². The first-order valence-corrected chi connectivity index (χ1v) is 7.59. The van der Waals surface area contributed by atoms with Crippen molar-refractivity contribution in [2.45, 2.75) is 25.8 Å². The van der Waals surface area contributed by atoms with Gasteiger partial charge in [-0.1, -0.05) is 18.5 Å². The summed E-state index contributed by atoms with van der Waals surface area (Å²) in [6.45, 7) is 5.52. The Morgan fingerprint density at radius 1 is 1.41 bits per heavy atom. The maximum Gasteiger partial charge on any atom is 0.0502 e. The molecule has 0 saturated carbocycles. The van der Waals surface area contributed by atoms with E-state index in [4.69, 9.17) is 11.6 Å². The number of hydrogen-bond donors (Lipinski definition) is 1. The minimum absolute atomic E-state index is 0.696. The average Bonchev–Trinajstić information content (AvgIpc) is 2.31. The molecule has 1 aromatic carbocycles. The molecule has 1 aromatic rings. The SMILES string of the molecule is CCNC1CCN(c2ccc(Cl)cc2I)CC1. The van der Waals surface area contributed by atoms with Crippen LogP contribution in [0.15, 0.2) is 18.2 Å². The van der Waals surface area contributed by atoms with Gasteiger partial charge in [-0.2, -0.15) is 0 Å². The van der Waals surface area contributed by atoms with Gasteiger partial charge in [-0.15, -0.1) is 0 Å². The largest absolute Gasteiger partial charge is 0.371 e. The molecule has 0 unspecified atom stereocenters. The molecule has 94 valence electrons. The zero-order valence-corrected chi connectivity index (χ0v) is 13.0. The molecule has 4 heteroatoms. The van der Waals surface area contributed by atoms with E-state index in [1.54, 1.807) is 0 Å². The van der Waals surface area contributed by atoms with Crippen LogP contribution in [-0.4, -0.2) is 25.7 Å². The smallest absolute Gasteiger partial charge is 0.0502 e. The molecule has 0 aliphatic carbocycles.